The number of nitrogens with zero attached hydrogens (tertiary/aromatic N) is 1. The van der Waals surface area contributed by atoms with Crippen LogP contribution in [0.2, 0.25) is 0 Å². The molecule has 1 aliphatic rings. The number of methoxy groups -OCH3 is 1. The summed E-state index contributed by atoms with van der Waals surface area (Å²) in [5.74, 6) is 1.25. The SMILES string of the molecule is COc1cc(N)cc(C(=O)N2CCCC(C)C2)c1. The summed E-state index contributed by atoms with van der Waals surface area (Å²) in [5, 5.41) is 0. The van der Waals surface area contributed by atoms with Gasteiger partial charge in [0.05, 0.1) is 7.11 Å². The van der Waals surface area contributed by atoms with Crippen molar-refractivity contribution in [2.75, 3.05) is 25.9 Å². The van der Waals surface area contributed by atoms with Gasteiger partial charge in [-0.2, -0.15) is 0 Å². The zero-order valence-corrected chi connectivity index (χ0v) is 11.0. The Bertz CT molecular complexity index is 445. The Hall–Kier alpha value is -1.71. The number of benzene rings is 1. The van der Waals surface area contributed by atoms with Crippen molar-refractivity contribution in [3.05, 3.63) is 23.8 Å². The molecule has 1 aromatic rings. The molecule has 0 spiro atoms. The van der Waals surface area contributed by atoms with Crippen LogP contribution < -0.4 is 10.5 Å². The lowest BCUT2D eigenvalue weighted by Crippen LogP contribution is -2.39. The van der Waals surface area contributed by atoms with E-state index in [-0.39, 0.29) is 5.91 Å². The van der Waals surface area contributed by atoms with Gasteiger partial charge in [-0.1, -0.05) is 6.92 Å². The molecule has 1 heterocycles. The first-order chi connectivity index (χ1) is 8.60. The Morgan fingerprint density at radius 3 is 2.89 bits per heavy atom. The lowest BCUT2D eigenvalue weighted by Gasteiger charge is -2.31. The molecule has 18 heavy (non-hydrogen) atoms. The summed E-state index contributed by atoms with van der Waals surface area (Å²) in [6.45, 7) is 3.84. The highest BCUT2D eigenvalue weighted by Crippen LogP contribution is 2.22. The Morgan fingerprint density at radius 2 is 2.22 bits per heavy atom. The van der Waals surface area contributed by atoms with E-state index in [0.717, 1.165) is 19.5 Å². The second-order valence-corrected chi connectivity index (χ2v) is 4.99. The van der Waals surface area contributed by atoms with E-state index in [1.54, 1.807) is 25.3 Å². The van der Waals surface area contributed by atoms with E-state index >= 15 is 0 Å². The van der Waals surface area contributed by atoms with Crippen LogP contribution in [0.15, 0.2) is 18.2 Å². The first-order valence-electron chi connectivity index (χ1n) is 6.34. The van der Waals surface area contributed by atoms with Crippen molar-refractivity contribution in [3.8, 4) is 5.75 Å². The number of carbonyl (C=O) groups excluding carboxylic acids is 1. The van der Waals surface area contributed by atoms with Crippen molar-refractivity contribution < 1.29 is 9.53 Å². The van der Waals surface area contributed by atoms with Crippen molar-refractivity contribution in [1.82, 2.24) is 4.90 Å². The molecule has 1 aromatic carbocycles. The molecule has 1 saturated heterocycles. The molecule has 0 saturated carbocycles. The number of piperidine rings is 1. The fraction of sp³-hybridized carbons (Fsp3) is 0.500. The molecule has 2 N–H and O–H groups in total. The molecule has 98 valence electrons. The summed E-state index contributed by atoms with van der Waals surface area (Å²) in [7, 11) is 1.58. The molecule has 1 atom stereocenters. The summed E-state index contributed by atoms with van der Waals surface area (Å²) in [6, 6.07) is 5.18. The number of anilines is 1. The Balaban J connectivity index is 2.19. The summed E-state index contributed by atoms with van der Waals surface area (Å²) in [5.41, 5.74) is 6.95. The summed E-state index contributed by atoms with van der Waals surface area (Å²) in [4.78, 5) is 14.3. The van der Waals surface area contributed by atoms with Crippen LogP contribution in [0.5, 0.6) is 5.75 Å². The average molecular weight is 248 g/mol. The monoisotopic (exact) mass is 248 g/mol. The quantitative estimate of drug-likeness (QED) is 0.816. The van der Waals surface area contributed by atoms with Gasteiger partial charge in [0.1, 0.15) is 5.75 Å². The largest absolute Gasteiger partial charge is 0.497 e. The zero-order chi connectivity index (χ0) is 13.1. The van der Waals surface area contributed by atoms with E-state index in [9.17, 15) is 4.79 Å². The van der Waals surface area contributed by atoms with Gasteiger partial charge in [-0.15, -0.1) is 0 Å². The van der Waals surface area contributed by atoms with E-state index in [4.69, 9.17) is 10.5 Å². The maximum Gasteiger partial charge on any atom is 0.254 e. The Kier molecular flexibility index (Phi) is 3.75. The third-order valence-corrected chi connectivity index (χ3v) is 3.36. The summed E-state index contributed by atoms with van der Waals surface area (Å²) >= 11 is 0. The molecule has 1 aliphatic heterocycles. The maximum absolute atomic E-state index is 12.4. The average Bonchev–Trinajstić information content (AvgIpc) is 2.37. The standard InChI is InChI=1S/C14H20N2O2/c1-10-4-3-5-16(9-10)14(17)11-6-12(15)8-13(7-11)18-2/h6-8,10H,3-5,9,15H2,1-2H3. The van der Waals surface area contributed by atoms with Crippen LogP contribution in [0.1, 0.15) is 30.1 Å². The van der Waals surface area contributed by atoms with Crippen LogP contribution in [0.3, 0.4) is 0 Å². The Morgan fingerprint density at radius 1 is 1.44 bits per heavy atom. The molecular formula is C14H20N2O2. The first-order valence-corrected chi connectivity index (χ1v) is 6.34. The fourth-order valence-electron chi connectivity index (χ4n) is 2.42. The number of nitrogens with two attached hydrogens (primary N) is 1. The number of ether oxygens (including phenoxy) is 1. The lowest BCUT2D eigenvalue weighted by atomic mass is 9.99. The fourth-order valence-corrected chi connectivity index (χ4v) is 2.42. The first kappa shape index (κ1) is 12.7. The van der Waals surface area contributed by atoms with E-state index in [0.29, 0.717) is 22.9 Å². The van der Waals surface area contributed by atoms with Crippen LogP contribution >= 0.6 is 0 Å². The third kappa shape index (κ3) is 2.75. The van der Waals surface area contributed by atoms with Crippen LogP contribution in [-0.4, -0.2) is 31.0 Å². The zero-order valence-electron chi connectivity index (χ0n) is 11.0. The van der Waals surface area contributed by atoms with Gasteiger partial charge in [0.25, 0.3) is 5.91 Å². The van der Waals surface area contributed by atoms with Crippen molar-refractivity contribution in [1.29, 1.82) is 0 Å². The van der Waals surface area contributed by atoms with Crippen molar-refractivity contribution in [2.45, 2.75) is 19.8 Å². The highest BCUT2D eigenvalue weighted by molar-refractivity contribution is 5.95. The van der Waals surface area contributed by atoms with Gasteiger partial charge >= 0.3 is 0 Å². The van der Waals surface area contributed by atoms with Crippen LogP contribution in [0.4, 0.5) is 5.69 Å². The number of likely N-dealkylation sites (tertiary alicyclic amines) is 1. The van der Waals surface area contributed by atoms with Gasteiger partial charge in [-0.3, -0.25) is 4.79 Å². The second-order valence-electron chi connectivity index (χ2n) is 4.99. The van der Waals surface area contributed by atoms with E-state index < -0.39 is 0 Å². The van der Waals surface area contributed by atoms with Gasteiger partial charge in [-0.05, 0) is 30.9 Å². The molecule has 4 heteroatoms. The number of rotatable bonds is 2. The van der Waals surface area contributed by atoms with Crippen LogP contribution in [0.25, 0.3) is 0 Å². The lowest BCUT2D eigenvalue weighted by molar-refractivity contribution is 0.0682. The molecular weight excluding hydrogens is 228 g/mol. The predicted octanol–water partition coefficient (Wildman–Crippen LogP) is 2.15. The van der Waals surface area contributed by atoms with Gasteiger partial charge in [0.15, 0.2) is 0 Å². The molecule has 2 rings (SSSR count). The van der Waals surface area contributed by atoms with Crippen LogP contribution in [0, 0.1) is 5.92 Å². The minimum Gasteiger partial charge on any atom is -0.497 e. The minimum atomic E-state index is 0.0483. The number of carbonyl (C=O) groups is 1. The van der Waals surface area contributed by atoms with Gasteiger partial charge in [0, 0.05) is 30.4 Å². The molecule has 0 aromatic heterocycles. The van der Waals surface area contributed by atoms with Crippen molar-refractivity contribution in [2.24, 2.45) is 5.92 Å². The Labute approximate surface area is 108 Å². The summed E-state index contributed by atoms with van der Waals surface area (Å²) < 4.78 is 5.14. The van der Waals surface area contributed by atoms with Crippen molar-refractivity contribution >= 4 is 11.6 Å². The molecule has 4 nitrogen and oxygen atoms in total. The molecule has 0 bridgehead atoms. The highest BCUT2D eigenvalue weighted by Gasteiger charge is 2.22. The topological polar surface area (TPSA) is 55.6 Å². The minimum absolute atomic E-state index is 0.0483. The molecule has 0 radical (unpaired) electrons. The number of hydrogen-bond acceptors (Lipinski definition) is 3. The molecule has 0 aliphatic carbocycles. The van der Waals surface area contributed by atoms with Crippen LogP contribution in [-0.2, 0) is 0 Å². The normalized spacial score (nSPS) is 19.7. The smallest absolute Gasteiger partial charge is 0.254 e. The number of hydrogen-bond donors (Lipinski definition) is 1. The van der Waals surface area contributed by atoms with E-state index in [1.165, 1.54) is 6.42 Å². The number of amides is 1. The molecule has 1 unspecified atom stereocenters. The molecule has 1 amide bonds. The predicted molar refractivity (Wildman–Crippen MR) is 71.7 cm³/mol. The number of nitrogen functional groups attached to an aromatic ring is 1. The highest BCUT2D eigenvalue weighted by atomic mass is 16.5. The maximum atomic E-state index is 12.4. The third-order valence-electron chi connectivity index (χ3n) is 3.36. The van der Waals surface area contributed by atoms with Crippen molar-refractivity contribution in [3.63, 3.8) is 0 Å². The molecule has 1 fully saturated rings. The van der Waals surface area contributed by atoms with E-state index in [1.807, 2.05) is 4.90 Å². The van der Waals surface area contributed by atoms with E-state index in [2.05, 4.69) is 6.92 Å². The second kappa shape index (κ2) is 5.29. The van der Waals surface area contributed by atoms with Gasteiger partial charge in [0.2, 0.25) is 0 Å². The van der Waals surface area contributed by atoms with Gasteiger partial charge in [-0.25, -0.2) is 0 Å². The van der Waals surface area contributed by atoms with Gasteiger partial charge < -0.3 is 15.4 Å². The summed E-state index contributed by atoms with van der Waals surface area (Å²) in [6.07, 6.45) is 2.27.